The van der Waals surface area contributed by atoms with Gasteiger partial charge in [-0.25, -0.2) is 0 Å². The molecule has 1 aliphatic heterocycles. The van der Waals surface area contributed by atoms with Gasteiger partial charge in [-0.3, -0.25) is 0 Å². The first-order chi connectivity index (χ1) is 9.60. The second kappa shape index (κ2) is 7.30. The standard InChI is InChI=1S/C16H25ClN2O/c1-4-15-11-19(7-8-20-15)14-6-5-13(16(17)9-14)10-18-12(2)3/h5-6,9,12,15,18H,4,7-8,10-11H2,1-3H3. The highest BCUT2D eigenvalue weighted by Gasteiger charge is 2.19. The number of hydrogen-bond donors (Lipinski definition) is 1. The third-order valence-electron chi connectivity index (χ3n) is 3.70. The van der Waals surface area contributed by atoms with Crippen LogP contribution in [0.25, 0.3) is 0 Å². The van der Waals surface area contributed by atoms with E-state index in [4.69, 9.17) is 16.3 Å². The Balaban J connectivity index is 2.04. The lowest BCUT2D eigenvalue weighted by Crippen LogP contribution is -2.42. The van der Waals surface area contributed by atoms with Crippen LogP contribution >= 0.6 is 11.6 Å². The Hall–Kier alpha value is -0.770. The van der Waals surface area contributed by atoms with Crippen molar-refractivity contribution in [2.75, 3.05) is 24.6 Å². The van der Waals surface area contributed by atoms with E-state index in [0.717, 1.165) is 43.2 Å². The smallest absolute Gasteiger partial charge is 0.0748 e. The van der Waals surface area contributed by atoms with E-state index in [9.17, 15) is 0 Å². The summed E-state index contributed by atoms with van der Waals surface area (Å²) in [7, 11) is 0. The van der Waals surface area contributed by atoms with Crippen molar-refractivity contribution < 1.29 is 4.74 Å². The molecule has 0 spiro atoms. The first kappa shape index (κ1) is 15.6. The first-order valence-corrected chi connectivity index (χ1v) is 7.86. The molecule has 0 aliphatic carbocycles. The number of nitrogens with zero attached hydrogens (tertiary/aromatic N) is 1. The van der Waals surface area contributed by atoms with E-state index < -0.39 is 0 Å². The number of anilines is 1. The number of morpholine rings is 1. The summed E-state index contributed by atoms with van der Waals surface area (Å²) in [6, 6.07) is 6.84. The monoisotopic (exact) mass is 296 g/mol. The van der Waals surface area contributed by atoms with Crippen LogP contribution in [-0.2, 0) is 11.3 Å². The van der Waals surface area contributed by atoms with E-state index in [0.29, 0.717) is 12.1 Å². The lowest BCUT2D eigenvalue weighted by molar-refractivity contribution is 0.0384. The molecule has 1 aromatic carbocycles. The first-order valence-electron chi connectivity index (χ1n) is 7.48. The molecule has 20 heavy (non-hydrogen) atoms. The summed E-state index contributed by atoms with van der Waals surface area (Å²) in [6.45, 7) is 9.96. The topological polar surface area (TPSA) is 24.5 Å². The molecule has 0 saturated carbocycles. The van der Waals surface area contributed by atoms with E-state index in [1.54, 1.807) is 0 Å². The third-order valence-corrected chi connectivity index (χ3v) is 4.05. The molecule has 1 atom stereocenters. The van der Waals surface area contributed by atoms with E-state index in [-0.39, 0.29) is 0 Å². The second-order valence-corrected chi connectivity index (χ2v) is 6.07. The second-order valence-electron chi connectivity index (χ2n) is 5.66. The predicted molar refractivity (Wildman–Crippen MR) is 85.7 cm³/mol. The molecule has 3 nitrogen and oxygen atoms in total. The van der Waals surface area contributed by atoms with Gasteiger partial charge in [0, 0.05) is 36.4 Å². The minimum absolute atomic E-state index is 0.338. The van der Waals surface area contributed by atoms with Gasteiger partial charge in [-0.2, -0.15) is 0 Å². The summed E-state index contributed by atoms with van der Waals surface area (Å²) in [5, 5.41) is 4.24. The molecule has 0 aromatic heterocycles. The summed E-state index contributed by atoms with van der Waals surface area (Å²) >= 11 is 6.40. The summed E-state index contributed by atoms with van der Waals surface area (Å²) in [5.74, 6) is 0. The van der Waals surface area contributed by atoms with Crippen LogP contribution in [0.3, 0.4) is 0 Å². The van der Waals surface area contributed by atoms with Gasteiger partial charge in [0.15, 0.2) is 0 Å². The summed E-state index contributed by atoms with van der Waals surface area (Å²) in [4.78, 5) is 2.36. The Kier molecular flexibility index (Phi) is 5.70. The van der Waals surface area contributed by atoms with E-state index in [1.165, 1.54) is 5.69 Å². The quantitative estimate of drug-likeness (QED) is 0.901. The summed E-state index contributed by atoms with van der Waals surface area (Å²) < 4.78 is 5.71. The molecule has 1 aliphatic rings. The van der Waals surface area contributed by atoms with Gasteiger partial charge in [-0.1, -0.05) is 38.4 Å². The average Bonchev–Trinajstić information content (AvgIpc) is 2.46. The highest BCUT2D eigenvalue weighted by molar-refractivity contribution is 6.31. The molecule has 112 valence electrons. The molecule has 1 aromatic rings. The van der Waals surface area contributed by atoms with Gasteiger partial charge in [0.25, 0.3) is 0 Å². The van der Waals surface area contributed by atoms with Crippen molar-refractivity contribution in [3.8, 4) is 0 Å². The van der Waals surface area contributed by atoms with Crippen LogP contribution in [0.5, 0.6) is 0 Å². The van der Waals surface area contributed by atoms with E-state index in [2.05, 4.69) is 49.2 Å². The van der Waals surface area contributed by atoms with Gasteiger partial charge in [0.05, 0.1) is 12.7 Å². The van der Waals surface area contributed by atoms with Crippen LogP contribution in [-0.4, -0.2) is 31.8 Å². The zero-order valence-corrected chi connectivity index (χ0v) is 13.4. The SMILES string of the molecule is CCC1CN(c2ccc(CNC(C)C)c(Cl)c2)CCO1. The molecule has 0 bridgehead atoms. The summed E-state index contributed by atoms with van der Waals surface area (Å²) in [6.07, 6.45) is 1.39. The van der Waals surface area contributed by atoms with Gasteiger partial charge in [-0.05, 0) is 24.1 Å². The lowest BCUT2D eigenvalue weighted by Gasteiger charge is -2.34. The Morgan fingerprint density at radius 3 is 2.90 bits per heavy atom. The normalized spacial score (nSPS) is 19.6. The zero-order valence-electron chi connectivity index (χ0n) is 12.7. The lowest BCUT2D eigenvalue weighted by atomic mass is 10.1. The van der Waals surface area contributed by atoms with Crippen molar-refractivity contribution in [3.63, 3.8) is 0 Å². The van der Waals surface area contributed by atoms with Gasteiger partial charge >= 0.3 is 0 Å². The Morgan fingerprint density at radius 2 is 2.25 bits per heavy atom. The van der Waals surface area contributed by atoms with Crippen molar-refractivity contribution in [3.05, 3.63) is 28.8 Å². The maximum absolute atomic E-state index is 6.40. The minimum Gasteiger partial charge on any atom is -0.375 e. The molecule has 1 heterocycles. The molecule has 1 fully saturated rings. The molecular weight excluding hydrogens is 272 g/mol. The van der Waals surface area contributed by atoms with Crippen molar-refractivity contribution in [1.82, 2.24) is 5.32 Å². The average molecular weight is 297 g/mol. The van der Waals surface area contributed by atoms with Gasteiger partial charge in [0.2, 0.25) is 0 Å². The van der Waals surface area contributed by atoms with Crippen molar-refractivity contribution in [1.29, 1.82) is 0 Å². The Labute approximate surface area is 127 Å². The van der Waals surface area contributed by atoms with Crippen molar-refractivity contribution in [2.45, 2.75) is 45.9 Å². The highest BCUT2D eigenvalue weighted by Crippen LogP contribution is 2.25. The Morgan fingerprint density at radius 1 is 1.45 bits per heavy atom. The van der Waals surface area contributed by atoms with Gasteiger partial charge in [0.1, 0.15) is 0 Å². The molecular formula is C16H25ClN2O. The van der Waals surface area contributed by atoms with Crippen LogP contribution < -0.4 is 10.2 Å². The largest absolute Gasteiger partial charge is 0.375 e. The fourth-order valence-electron chi connectivity index (χ4n) is 2.39. The van der Waals surface area contributed by atoms with Crippen LogP contribution in [0.15, 0.2) is 18.2 Å². The number of halogens is 1. The van der Waals surface area contributed by atoms with E-state index >= 15 is 0 Å². The molecule has 4 heteroatoms. The summed E-state index contributed by atoms with van der Waals surface area (Å²) in [5.41, 5.74) is 2.36. The molecule has 1 unspecified atom stereocenters. The number of rotatable bonds is 5. The van der Waals surface area contributed by atoms with Crippen molar-refractivity contribution >= 4 is 17.3 Å². The number of nitrogens with one attached hydrogen (secondary N) is 1. The van der Waals surface area contributed by atoms with Gasteiger partial charge < -0.3 is 15.0 Å². The van der Waals surface area contributed by atoms with Crippen LogP contribution in [0.2, 0.25) is 5.02 Å². The van der Waals surface area contributed by atoms with E-state index in [1.807, 2.05) is 0 Å². The maximum atomic E-state index is 6.40. The number of benzene rings is 1. The van der Waals surface area contributed by atoms with Crippen LogP contribution in [0.4, 0.5) is 5.69 Å². The molecule has 1 N–H and O–H groups in total. The molecule has 2 rings (SSSR count). The molecule has 0 amide bonds. The zero-order chi connectivity index (χ0) is 14.5. The number of hydrogen-bond acceptors (Lipinski definition) is 3. The maximum Gasteiger partial charge on any atom is 0.0748 e. The van der Waals surface area contributed by atoms with Crippen LogP contribution in [0, 0.1) is 0 Å². The fraction of sp³-hybridized carbons (Fsp3) is 0.625. The highest BCUT2D eigenvalue weighted by atomic mass is 35.5. The third kappa shape index (κ3) is 4.11. The molecule has 1 saturated heterocycles. The van der Waals surface area contributed by atoms with Crippen LogP contribution in [0.1, 0.15) is 32.8 Å². The van der Waals surface area contributed by atoms with Crippen molar-refractivity contribution in [2.24, 2.45) is 0 Å². The predicted octanol–water partition coefficient (Wildman–Crippen LogP) is 3.45. The number of ether oxygens (including phenoxy) is 1. The minimum atomic E-state index is 0.338. The Bertz CT molecular complexity index is 436. The fourth-order valence-corrected chi connectivity index (χ4v) is 2.63. The molecule has 0 radical (unpaired) electrons. The van der Waals surface area contributed by atoms with Gasteiger partial charge in [-0.15, -0.1) is 0 Å².